The minimum atomic E-state index is -1.44. The summed E-state index contributed by atoms with van der Waals surface area (Å²) < 4.78 is 34.3. The topological polar surface area (TPSA) is 49.8 Å². The fraction of sp³-hybridized carbons (Fsp3) is 0.345. The van der Waals surface area contributed by atoms with Crippen LogP contribution in [0.5, 0.6) is 0 Å². The number of amides is 1. The van der Waals surface area contributed by atoms with Crippen LogP contribution in [-0.4, -0.2) is 34.8 Å². The van der Waals surface area contributed by atoms with Gasteiger partial charge in [-0.1, -0.05) is 48.5 Å². The van der Waals surface area contributed by atoms with Crippen LogP contribution in [0.4, 0.5) is 13.6 Å². The molecule has 2 aliphatic heterocycles. The molecule has 35 heavy (non-hydrogen) atoms. The van der Waals surface area contributed by atoms with Gasteiger partial charge in [-0.2, -0.15) is 0 Å². The molecule has 0 spiro atoms. The van der Waals surface area contributed by atoms with Crippen molar-refractivity contribution in [3.05, 3.63) is 94.6 Å². The molecule has 0 saturated carbocycles. The molecular formula is C29H27F2NO3. The van der Waals surface area contributed by atoms with Gasteiger partial charge in [0.1, 0.15) is 18.2 Å². The van der Waals surface area contributed by atoms with Crippen LogP contribution >= 0.6 is 0 Å². The summed E-state index contributed by atoms with van der Waals surface area (Å²) in [7, 11) is 0. The van der Waals surface area contributed by atoms with E-state index in [0.717, 1.165) is 30.0 Å². The van der Waals surface area contributed by atoms with Crippen molar-refractivity contribution in [3.63, 3.8) is 0 Å². The third-order valence-corrected chi connectivity index (χ3v) is 8.06. The standard InChI is InChI=1S/C29H27F2NO3/c1-17-12-25(27(31)13-26(17)30)29(34)14-18-10-11-19(15-29)32(18)28(33)35-16-24-22-8-4-2-6-20(22)21-7-3-5-9-23(21)24/h2-9,12-13,18-19,24,34H,10-11,14-16H2,1H3. The van der Waals surface area contributed by atoms with E-state index in [1.807, 2.05) is 24.3 Å². The van der Waals surface area contributed by atoms with Crippen molar-refractivity contribution in [1.82, 2.24) is 4.90 Å². The van der Waals surface area contributed by atoms with Gasteiger partial charge in [0, 0.05) is 42.5 Å². The summed E-state index contributed by atoms with van der Waals surface area (Å²) in [4.78, 5) is 15.0. The van der Waals surface area contributed by atoms with E-state index in [1.54, 1.807) is 11.8 Å². The van der Waals surface area contributed by atoms with E-state index in [4.69, 9.17) is 4.74 Å². The summed E-state index contributed by atoms with van der Waals surface area (Å²) in [5, 5.41) is 11.4. The molecule has 6 rings (SSSR count). The van der Waals surface area contributed by atoms with Crippen LogP contribution in [0, 0.1) is 18.6 Å². The third-order valence-electron chi connectivity index (χ3n) is 8.06. The number of rotatable bonds is 3. The largest absolute Gasteiger partial charge is 0.448 e. The van der Waals surface area contributed by atoms with E-state index in [2.05, 4.69) is 24.3 Å². The molecule has 3 aliphatic rings. The van der Waals surface area contributed by atoms with Crippen molar-refractivity contribution in [1.29, 1.82) is 0 Å². The Morgan fingerprint density at radius 3 is 2.14 bits per heavy atom. The monoisotopic (exact) mass is 475 g/mol. The van der Waals surface area contributed by atoms with E-state index in [0.29, 0.717) is 5.56 Å². The molecule has 2 fully saturated rings. The first kappa shape index (κ1) is 22.2. The Morgan fingerprint density at radius 2 is 1.54 bits per heavy atom. The predicted octanol–water partition coefficient (Wildman–Crippen LogP) is 6.04. The van der Waals surface area contributed by atoms with Gasteiger partial charge in [0.2, 0.25) is 0 Å². The summed E-state index contributed by atoms with van der Waals surface area (Å²) in [6.07, 6.45) is 1.46. The Bertz CT molecular complexity index is 1260. The van der Waals surface area contributed by atoms with Gasteiger partial charge in [-0.3, -0.25) is 0 Å². The summed E-state index contributed by atoms with van der Waals surface area (Å²) in [6, 6.07) is 18.1. The van der Waals surface area contributed by atoms with Crippen LogP contribution in [0.3, 0.4) is 0 Å². The molecule has 2 atom stereocenters. The highest BCUT2D eigenvalue weighted by Crippen LogP contribution is 2.48. The lowest BCUT2D eigenvalue weighted by Gasteiger charge is -2.43. The summed E-state index contributed by atoms with van der Waals surface area (Å²) >= 11 is 0. The highest BCUT2D eigenvalue weighted by atomic mass is 19.1. The maximum absolute atomic E-state index is 14.6. The van der Waals surface area contributed by atoms with E-state index in [1.165, 1.54) is 17.2 Å². The summed E-state index contributed by atoms with van der Waals surface area (Å²) in [6.45, 7) is 1.79. The quantitative estimate of drug-likeness (QED) is 0.503. The molecule has 1 amide bonds. The van der Waals surface area contributed by atoms with Crippen molar-refractivity contribution in [2.24, 2.45) is 0 Å². The smallest absolute Gasteiger partial charge is 0.410 e. The fourth-order valence-corrected chi connectivity index (χ4v) is 6.43. The molecule has 0 aromatic heterocycles. The predicted molar refractivity (Wildman–Crippen MR) is 128 cm³/mol. The molecule has 2 unspecified atom stereocenters. The van der Waals surface area contributed by atoms with Crippen LogP contribution in [0.1, 0.15) is 53.9 Å². The van der Waals surface area contributed by atoms with Gasteiger partial charge in [0.25, 0.3) is 0 Å². The number of nitrogens with zero attached hydrogens (tertiary/aromatic N) is 1. The van der Waals surface area contributed by atoms with Crippen molar-refractivity contribution in [2.75, 3.05) is 6.61 Å². The van der Waals surface area contributed by atoms with Crippen molar-refractivity contribution >= 4 is 6.09 Å². The second-order valence-corrected chi connectivity index (χ2v) is 10.1. The van der Waals surface area contributed by atoms with Gasteiger partial charge in [-0.05, 0) is 53.6 Å². The summed E-state index contributed by atoms with van der Waals surface area (Å²) in [5.41, 5.74) is 3.61. The number of hydrogen-bond donors (Lipinski definition) is 1. The second kappa shape index (κ2) is 8.16. The number of fused-ring (bicyclic) bond motifs is 5. The van der Waals surface area contributed by atoms with E-state index in [-0.39, 0.29) is 43.0 Å². The van der Waals surface area contributed by atoms with Gasteiger partial charge >= 0.3 is 6.09 Å². The molecule has 180 valence electrons. The third kappa shape index (κ3) is 3.54. The minimum Gasteiger partial charge on any atom is -0.448 e. The van der Waals surface area contributed by atoms with Gasteiger partial charge in [-0.25, -0.2) is 13.6 Å². The number of aryl methyl sites for hydroxylation is 1. The number of ether oxygens (including phenoxy) is 1. The van der Waals surface area contributed by atoms with Crippen LogP contribution in [0.25, 0.3) is 11.1 Å². The van der Waals surface area contributed by atoms with Gasteiger partial charge in [-0.15, -0.1) is 0 Å². The molecule has 2 saturated heterocycles. The lowest BCUT2D eigenvalue weighted by atomic mass is 9.80. The van der Waals surface area contributed by atoms with Gasteiger partial charge in [0.15, 0.2) is 0 Å². The molecule has 1 aliphatic carbocycles. The lowest BCUT2D eigenvalue weighted by Crippen LogP contribution is -2.52. The number of halogens is 2. The highest BCUT2D eigenvalue weighted by Gasteiger charge is 2.51. The van der Waals surface area contributed by atoms with Crippen LogP contribution in [0.15, 0.2) is 60.7 Å². The minimum absolute atomic E-state index is 0.0259. The molecule has 0 radical (unpaired) electrons. The van der Waals surface area contributed by atoms with Crippen molar-refractivity contribution < 1.29 is 23.4 Å². The number of benzene rings is 3. The SMILES string of the molecule is Cc1cc(C2(O)CC3CCC(C2)N3C(=O)OCC2c3ccccc3-c3ccccc32)c(F)cc1F. The molecule has 3 aromatic rings. The molecule has 4 nitrogen and oxygen atoms in total. The molecule has 3 aromatic carbocycles. The average molecular weight is 476 g/mol. The first-order chi connectivity index (χ1) is 16.9. The number of hydrogen-bond acceptors (Lipinski definition) is 3. The second-order valence-electron chi connectivity index (χ2n) is 10.1. The van der Waals surface area contributed by atoms with Gasteiger partial charge < -0.3 is 14.7 Å². The van der Waals surface area contributed by atoms with Crippen LogP contribution < -0.4 is 0 Å². The molecule has 6 heteroatoms. The van der Waals surface area contributed by atoms with E-state index in [9.17, 15) is 18.7 Å². The molecule has 2 bridgehead atoms. The Kier molecular flexibility index (Phi) is 5.18. The number of aliphatic hydroxyl groups is 1. The summed E-state index contributed by atoms with van der Waals surface area (Å²) in [5.74, 6) is -1.40. The number of piperidine rings is 1. The average Bonchev–Trinajstić information content (AvgIpc) is 3.32. The van der Waals surface area contributed by atoms with E-state index >= 15 is 0 Å². The molecule has 1 N–H and O–H groups in total. The Morgan fingerprint density at radius 1 is 0.971 bits per heavy atom. The number of carbonyl (C=O) groups is 1. The van der Waals surface area contributed by atoms with Crippen LogP contribution in [0.2, 0.25) is 0 Å². The number of carbonyl (C=O) groups excluding carboxylic acids is 1. The van der Waals surface area contributed by atoms with Gasteiger partial charge in [0.05, 0.1) is 5.60 Å². The van der Waals surface area contributed by atoms with Crippen LogP contribution in [-0.2, 0) is 10.3 Å². The Hall–Kier alpha value is -3.25. The maximum Gasteiger partial charge on any atom is 0.410 e. The zero-order chi connectivity index (χ0) is 24.3. The zero-order valence-electron chi connectivity index (χ0n) is 19.5. The van der Waals surface area contributed by atoms with Crippen molar-refractivity contribution in [3.8, 4) is 11.1 Å². The highest BCUT2D eigenvalue weighted by molar-refractivity contribution is 5.79. The first-order valence-electron chi connectivity index (χ1n) is 12.2. The fourth-order valence-electron chi connectivity index (χ4n) is 6.43. The zero-order valence-corrected chi connectivity index (χ0v) is 19.5. The maximum atomic E-state index is 14.6. The lowest BCUT2D eigenvalue weighted by molar-refractivity contribution is -0.0552. The first-order valence-corrected chi connectivity index (χ1v) is 12.2. The molecular weight excluding hydrogens is 448 g/mol. The molecule has 2 heterocycles. The van der Waals surface area contributed by atoms with E-state index < -0.39 is 23.3 Å². The Balaban J connectivity index is 1.20. The normalized spacial score (nSPS) is 24.9. The Labute approximate surface area is 203 Å². The van der Waals surface area contributed by atoms with Crippen molar-refractivity contribution in [2.45, 2.75) is 56.2 Å².